The Balaban J connectivity index is 2.63. The van der Waals surface area contributed by atoms with Crippen molar-refractivity contribution in [3.8, 4) is 0 Å². The third-order valence-electron chi connectivity index (χ3n) is 2.52. The Morgan fingerprint density at radius 2 is 2.27 bits per heavy atom. The number of rotatable bonds is 1. The summed E-state index contributed by atoms with van der Waals surface area (Å²) in [5.41, 5.74) is 10.3. The highest BCUT2D eigenvalue weighted by molar-refractivity contribution is 5.84. The van der Waals surface area contributed by atoms with E-state index >= 15 is 0 Å². The monoisotopic (exact) mass is 156 g/mol. The standard InChI is InChI=1S/C8H16N2O/c1-6-3-2-4-8(10,5-6)7(9)11/h6H,2-5,10H2,1H3,(H2,9,11)/t6-,8+/m1/s1. The first-order valence-electron chi connectivity index (χ1n) is 4.13. The van der Waals surface area contributed by atoms with E-state index in [9.17, 15) is 4.79 Å². The van der Waals surface area contributed by atoms with Crippen LogP contribution in [0.5, 0.6) is 0 Å². The van der Waals surface area contributed by atoms with Crippen molar-refractivity contribution in [3.05, 3.63) is 0 Å². The first kappa shape index (κ1) is 8.53. The Morgan fingerprint density at radius 3 is 2.64 bits per heavy atom. The van der Waals surface area contributed by atoms with Gasteiger partial charge in [-0.05, 0) is 18.8 Å². The maximum atomic E-state index is 10.9. The zero-order valence-electron chi connectivity index (χ0n) is 6.97. The van der Waals surface area contributed by atoms with Crippen LogP contribution in [-0.2, 0) is 4.79 Å². The number of carbonyl (C=O) groups excluding carboxylic acids is 1. The number of primary amides is 1. The van der Waals surface area contributed by atoms with Crippen LogP contribution in [0, 0.1) is 5.92 Å². The molecule has 11 heavy (non-hydrogen) atoms. The predicted molar refractivity (Wildman–Crippen MR) is 43.7 cm³/mol. The van der Waals surface area contributed by atoms with Crippen LogP contribution >= 0.6 is 0 Å². The molecule has 0 bridgehead atoms. The van der Waals surface area contributed by atoms with Gasteiger partial charge in [-0.3, -0.25) is 4.79 Å². The Labute approximate surface area is 67.1 Å². The van der Waals surface area contributed by atoms with E-state index in [1.807, 2.05) is 0 Å². The smallest absolute Gasteiger partial charge is 0.237 e. The van der Waals surface area contributed by atoms with Crippen LogP contribution in [0.15, 0.2) is 0 Å². The fourth-order valence-corrected chi connectivity index (χ4v) is 1.82. The molecule has 64 valence electrons. The first-order chi connectivity index (χ1) is 5.04. The van der Waals surface area contributed by atoms with Gasteiger partial charge in [0.05, 0.1) is 5.54 Å². The summed E-state index contributed by atoms with van der Waals surface area (Å²) < 4.78 is 0. The topological polar surface area (TPSA) is 69.1 Å². The zero-order chi connectivity index (χ0) is 8.48. The summed E-state index contributed by atoms with van der Waals surface area (Å²) >= 11 is 0. The van der Waals surface area contributed by atoms with Crippen LogP contribution in [0.25, 0.3) is 0 Å². The van der Waals surface area contributed by atoms with Gasteiger partial charge in [0.25, 0.3) is 0 Å². The van der Waals surface area contributed by atoms with Gasteiger partial charge < -0.3 is 11.5 Å². The highest BCUT2D eigenvalue weighted by atomic mass is 16.1. The van der Waals surface area contributed by atoms with Gasteiger partial charge in [-0.2, -0.15) is 0 Å². The van der Waals surface area contributed by atoms with Crippen molar-refractivity contribution in [2.45, 2.75) is 38.1 Å². The Bertz CT molecular complexity index is 169. The van der Waals surface area contributed by atoms with Gasteiger partial charge in [-0.1, -0.05) is 19.8 Å². The molecule has 2 atom stereocenters. The molecular weight excluding hydrogens is 140 g/mol. The largest absolute Gasteiger partial charge is 0.368 e. The number of hydrogen-bond donors (Lipinski definition) is 2. The summed E-state index contributed by atoms with van der Waals surface area (Å²) in [4.78, 5) is 10.9. The van der Waals surface area contributed by atoms with Crippen LogP contribution in [0.1, 0.15) is 32.6 Å². The first-order valence-corrected chi connectivity index (χ1v) is 4.13. The molecule has 1 aliphatic rings. The Kier molecular flexibility index (Phi) is 2.18. The molecule has 1 rings (SSSR count). The molecule has 3 nitrogen and oxygen atoms in total. The molecule has 0 aromatic heterocycles. The molecule has 0 aliphatic heterocycles. The minimum atomic E-state index is -0.711. The molecule has 0 radical (unpaired) electrons. The van der Waals surface area contributed by atoms with Crippen molar-refractivity contribution in [1.82, 2.24) is 0 Å². The average Bonchev–Trinajstić information content (AvgIpc) is 1.86. The number of nitrogens with two attached hydrogens (primary N) is 2. The quantitative estimate of drug-likeness (QED) is 0.576. The van der Waals surface area contributed by atoms with E-state index in [1.54, 1.807) is 0 Å². The number of hydrogen-bond acceptors (Lipinski definition) is 2. The van der Waals surface area contributed by atoms with Crippen LogP contribution in [0.4, 0.5) is 0 Å². The van der Waals surface area contributed by atoms with Crippen molar-refractivity contribution in [2.75, 3.05) is 0 Å². The fraction of sp³-hybridized carbons (Fsp3) is 0.875. The van der Waals surface area contributed by atoms with Gasteiger partial charge >= 0.3 is 0 Å². The van der Waals surface area contributed by atoms with Crippen LogP contribution < -0.4 is 11.5 Å². The van der Waals surface area contributed by atoms with Gasteiger partial charge in [0.2, 0.25) is 5.91 Å². The van der Waals surface area contributed by atoms with Crippen LogP contribution in [0.2, 0.25) is 0 Å². The zero-order valence-corrected chi connectivity index (χ0v) is 6.97. The van der Waals surface area contributed by atoms with Crippen molar-refractivity contribution < 1.29 is 4.79 Å². The van der Waals surface area contributed by atoms with Gasteiger partial charge in [-0.25, -0.2) is 0 Å². The van der Waals surface area contributed by atoms with Crippen molar-refractivity contribution >= 4 is 5.91 Å². The summed E-state index contributed by atoms with van der Waals surface area (Å²) in [6, 6.07) is 0. The molecule has 1 fully saturated rings. The third-order valence-corrected chi connectivity index (χ3v) is 2.52. The molecule has 0 saturated heterocycles. The van der Waals surface area contributed by atoms with Crippen molar-refractivity contribution in [3.63, 3.8) is 0 Å². The van der Waals surface area contributed by atoms with E-state index in [1.165, 1.54) is 6.42 Å². The highest BCUT2D eigenvalue weighted by Gasteiger charge is 2.35. The molecule has 0 unspecified atom stereocenters. The van der Waals surface area contributed by atoms with Crippen LogP contribution in [-0.4, -0.2) is 11.4 Å². The summed E-state index contributed by atoms with van der Waals surface area (Å²) in [7, 11) is 0. The molecule has 1 saturated carbocycles. The average molecular weight is 156 g/mol. The van der Waals surface area contributed by atoms with Gasteiger partial charge in [0.1, 0.15) is 0 Å². The lowest BCUT2D eigenvalue weighted by molar-refractivity contribution is -0.124. The van der Waals surface area contributed by atoms with E-state index < -0.39 is 5.54 Å². The lowest BCUT2D eigenvalue weighted by atomic mass is 9.77. The maximum absolute atomic E-state index is 10.9. The summed E-state index contributed by atoms with van der Waals surface area (Å²) in [6.45, 7) is 2.11. The molecule has 0 heterocycles. The second-order valence-corrected chi connectivity index (χ2v) is 3.72. The SMILES string of the molecule is C[C@@H]1CCC[C@@](N)(C(N)=O)C1. The normalized spacial score (nSPS) is 38.5. The van der Waals surface area contributed by atoms with E-state index in [4.69, 9.17) is 11.5 Å². The Hall–Kier alpha value is -0.570. The van der Waals surface area contributed by atoms with Gasteiger partial charge in [0, 0.05) is 0 Å². The maximum Gasteiger partial charge on any atom is 0.237 e. The van der Waals surface area contributed by atoms with Crippen molar-refractivity contribution in [2.24, 2.45) is 17.4 Å². The second-order valence-electron chi connectivity index (χ2n) is 3.72. The van der Waals surface area contributed by atoms with E-state index in [2.05, 4.69) is 6.92 Å². The second kappa shape index (κ2) is 2.81. The summed E-state index contributed by atoms with van der Waals surface area (Å²) in [5, 5.41) is 0. The molecule has 1 aliphatic carbocycles. The van der Waals surface area contributed by atoms with Crippen LogP contribution in [0.3, 0.4) is 0 Å². The lowest BCUT2D eigenvalue weighted by Crippen LogP contribution is -2.54. The summed E-state index contributed by atoms with van der Waals surface area (Å²) in [5.74, 6) is 0.199. The van der Waals surface area contributed by atoms with Crippen molar-refractivity contribution in [1.29, 1.82) is 0 Å². The van der Waals surface area contributed by atoms with Gasteiger partial charge in [0.15, 0.2) is 0 Å². The minimum Gasteiger partial charge on any atom is -0.368 e. The lowest BCUT2D eigenvalue weighted by Gasteiger charge is -2.33. The molecule has 4 N–H and O–H groups in total. The van der Waals surface area contributed by atoms with E-state index in [0.717, 1.165) is 19.3 Å². The molecule has 0 aromatic rings. The third kappa shape index (κ3) is 1.71. The highest BCUT2D eigenvalue weighted by Crippen LogP contribution is 2.29. The minimum absolute atomic E-state index is 0.343. The molecular formula is C8H16N2O. The molecule has 3 heteroatoms. The molecule has 1 amide bonds. The predicted octanol–water partition coefficient (Wildman–Crippen LogP) is 0.379. The summed E-state index contributed by atoms with van der Waals surface area (Å²) in [6.07, 6.45) is 3.71. The van der Waals surface area contributed by atoms with Gasteiger partial charge in [-0.15, -0.1) is 0 Å². The number of amides is 1. The molecule has 0 spiro atoms. The fourth-order valence-electron chi connectivity index (χ4n) is 1.82. The van der Waals surface area contributed by atoms with E-state index in [-0.39, 0.29) is 5.91 Å². The van der Waals surface area contributed by atoms with E-state index in [0.29, 0.717) is 5.92 Å². The molecule has 0 aromatic carbocycles. The number of carbonyl (C=O) groups is 1. The Morgan fingerprint density at radius 1 is 1.64 bits per heavy atom.